The third-order valence-corrected chi connectivity index (χ3v) is 3.27. The molecule has 0 radical (unpaired) electrons. The molecule has 0 bridgehead atoms. The number of fused-ring (bicyclic) bond motifs is 1. The first-order chi connectivity index (χ1) is 8.74. The number of rotatable bonds is 2. The van der Waals surface area contributed by atoms with Crippen LogP contribution in [0.1, 0.15) is 12.8 Å². The summed E-state index contributed by atoms with van der Waals surface area (Å²) in [6.45, 7) is 1.62. The summed E-state index contributed by atoms with van der Waals surface area (Å²) in [5, 5.41) is 2.91. The van der Waals surface area contributed by atoms with Gasteiger partial charge in [-0.25, -0.2) is 9.18 Å². The van der Waals surface area contributed by atoms with Crippen molar-refractivity contribution in [2.75, 3.05) is 24.6 Å². The maximum atomic E-state index is 13.1. The molecular formula is C13H15FN2O2. The topological polar surface area (TPSA) is 41.6 Å². The van der Waals surface area contributed by atoms with Crippen LogP contribution in [-0.4, -0.2) is 25.7 Å². The highest BCUT2D eigenvalue weighted by Gasteiger charge is 2.26. The monoisotopic (exact) mass is 250 g/mol. The van der Waals surface area contributed by atoms with Crippen molar-refractivity contribution in [2.45, 2.75) is 12.8 Å². The summed E-state index contributed by atoms with van der Waals surface area (Å²) < 4.78 is 18.4. The Labute approximate surface area is 105 Å². The van der Waals surface area contributed by atoms with Gasteiger partial charge in [0, 0.05) is 12.6 Å². The summed E-state index contributed by atoms with van der Waals surface area (Å²) >= 11 is 0. The minimum Gasteiger partial charge on any atom is -0.489 e. The fourth-order valence-electron chi connectivity index (χ4n) is 2.05. The highest BCUT2D eigenvalue weighted by Crippen LogP contribution is 2.32. The van der Waals surface area contributed by atoms with Crippen molar-refractivity contribution in [2.24, 2.45) is 5.92 Å². The highest BCUT2D eigenvalue weighted by molar-refractivity contribution is 5.94. The number of carbonyl (C=O) groups is 1. The van der Waals surface area contributed by atoms with Gasteiger partial charge < -0.3 is 10.1 Å². The molecule has 5 heteroatoms. The number of hydrogen-bond acceptors (Lipinski definition) is 2. The number of benzene rings is 1. The Balaban J connectivity index is 1.75. The third kappa shape index (κ3) is 2.25. The van der Waals surface area contributed by atoms with Gasteiger partial charge in [0.1, 0.15) is 18.2 Å². The number of nitrogens with one attached hydrogen (secondary N) is 1. The van der Waals surface area contributed by atoms with Gasteiger partial charge in [0.15, 0.2) is 0 Å². The van der Waals surface area contributed by atoms with E-state index in [1.165, 1.54) is 25.0 Å². The Morgan fingerprint density at radius 1 is 1.50 bits per heavy atom. The van der Waals surface area contributed by atoms with Crippen molar-refractivity contribution >= 4 is 11.7 Å². The molecule has 0 saturated heterocycles. The van der Waals surface area contributed by atoms with Gasteiger partial charge in [0.25, 0.3) is 0 Å². The van der Waals surface area contributed by atoms with Crippen LogP contribution in [0.3, 0.4) is 0 Å². The fraction of sp³-hybridized carbons (Fsp3) is 0.462. The normalized spacial score (nSPS) is 17.9. The molecule has 0 spiro atoms. The molecule has 18 heavy (non-hydrogen) atoms. The first-order valence-electron chi connectivity index (χ1n) is 6.22. The van der Waals surface area contributed by atoms with E-state index in [0.717, 1.165) is 6.54 Å². The van der Waals surface area contributed by atoms with Crippen LogP contribution in [0, 0.1) is 11.7 Å². The Kier molecular flexibility index (Phi) is 2.81. The van der Waals surface area contributed by atoms with E-state index in [0.29, 0.717) is 30.5 Å². The lowest BCUT2D eigenvalue weighted by atomic mass is 10.2. The van der Waals surface area contributed by atoms with Crippen molar-refractivity contribution in [1.82, 2.24) is 5.32 Å². The highest BCUT2D eigenvalue weighted by atomic mass is 19.1. The molecule has 1 saturated carbocycles. The van der Waals surface area contributed by atoms with Crippen LogP contribution in [0.5, 0.6) is 5.75 Å². The number of halogens is 1. The summed E-state index contributed by atoms with van der Waals surface area (Å²) in [7, 11) is 0. The molecule has 1 heterocycles. The van der Waals surface area contributed by atoms with Crippen LogP contribution in [-0.2, 0) is 0 Å². The van der Waals surface area contributed by atoms with E-state index in [1.54, 1.807) is 11.0 Å². The quantitative estimate of drug-likeness (QED) is 0.873. The molecule has 2 aliphatic rings. The van der Waals surface area contributed by atoms with E-state index < -0.39 is 0 Å². The van der Waals surface area contributed by atoms with E-state index >= 15 is 0 Å². The number of nitrogens with zero attached hydrogens (tertiary/aromatic N) is 1. The Hall–Kier alpha value is -1.78. The molecule has 1 fully saturated rings. The zero-order valence-electron chi connectivity index (χ0n) is 9.99. The molecule has 0 unspecified atom stereocenters. The first-order valence-corrected chi connectivity index (χ1v) is 6.22. The molecule has 0 atom stereocenters. The fourth-order valence-corrected chi connectivity index (χ4v) is 2.05. The van der Waals surface area contributed by atoms with E-state index in [-0.39, 0.29) is 11.8 Å². The Morgan fingerprint density at radius 3 is 3.11 bits per heavy atom. The number of ether oxygens (including phenoxy) is 1. The molecule has 2 amide bonds. The summed E-state index contributed by atoms with van der Waals surface area (Å²) in [6.07, 6.45) is 2.40. The lowest BCUT2D eigenvalue weighted by Crippen LogP contribution is -2.45. The van der Waals surface area contributed by atoms with Gasteiger partial charge in [-0.2, -0.15) is 0 Å². The molecule has 1 N–H and O–H groups in total. The molecule has 3 rings (SSSR count). The minimum atomic E-state index is -0.353. The predicted molar refractivity (Wildman–Crippen MR) is 65.4 cm³/mol. The number of hydrogen-bond donors (Lipinski definition) is 1. The van der Waals surface area contributed by atoms with Crippen LogP contribution in [0.2, 0.25) is 0 Å². The number of anilines is 1. The van der Waals surface area contributed by atoms with Crippen LogP contribution >= 0.6 is 0 Å². The lowest BCUT2D eigenvalue weighted by Gasteiger charge is -2.29. The summed E-state index contributed by atoms with van der Waals surface area (Å²) in [4.78, 5) is 13.7. The van der Waals surface area contributed by atoms with Gasteiger partial charge in [-0.1, -0.05) is 0 Å². The SMILES string of the molecule is O=C(NCC1CC1)N1CCOc2cc(F)ccc21. The molecule has 4 nitrogen and oxygen atoms in total. The van der Waals surface area contributed by atoms with Crippen molar-refractivity contribution in [1.29, 1.82) is 0 Å². The maximum absolute atomic E-state index is 13.1. The molecule has 1 aromatic rings. The molecule has 1 aliphatic heterocycles. The maximum Gasteiger partial charge on any atom is 0.322 e. The zero-order valence-corrected chi connectivity index (χ0v) is 9.99. The average Bonchev–Trinajstić information content (AvgIpc) is 3.19. The van der Waals surface area contributed by atoms with E-state index in [2.05, 4.69) is 5.32 Å². The van der Waals surface area contributed by atoms with Crippen LogP contribution in [0.25, 0.3) is 0 Å². The Morgan fingerprint density at radius 2 is 2.33 bits per heavy atom. The van der Waals surface area contributed by atoms with Crippen molar-refractivity contribution in [3.8, 4) is 5.75 Å². The van der Waals surface area contributed by atoms with Gasteiger partial charge in [-0.15, -0.1) is 0 Å². The zero-order chi connectivity index (χ0) is 12.5. The molecule has 0 aromatic heterocycles. The van der Waals surface area contributed by atoms with Gasteiger partial charge in [-0.3, -0.25) is 4.90 Å². The second-order valence-electron chi connectivity index (χ2n) is 4.74. The minimum absolute atomic E-state index is 0.127. The van der Waals surface area contributed by atoms with E-state index in [9.17, 15) is 9.18 Å². The second-order valence-corrected chi connectivity index (χ2v) is 4.74. The third-order valence-electron chi connectivity index (χ3n) is 3.27. The smallest absolute Gasteiger partial charge is 0.322 e. The summed E-state index contributed by atoms with van der Waals surface area (Å²) in [5.74, 6) is 0.722. The standard InChI is InChI=1S/C13H15FN2O2/c14-10-3-4-11-12(7-10)18-6-5-16(11)13(17)15-8-9-1-2-9/h3-4,7,9H,1-2,5-6,8H2,(H,15,17). The van der Waals surface area contributed by atoms with Gasteiger partial charge >= 0.3 is 6.03 Å². The van der Waals surface area contributed by atoms with Crippen molar-refractivity contribution in [3.63, 3.8) is 0 Å². The molecule has 96 valence electrons. The predicted octanol–water partition coefficient (Wildman–Crippen LogP) is 2.14. The van der Waals surface area contributed by atoms with Crippen molar-refractivity contribution < 1.29 is 13.9 Å². The van der Waals surface area contributed by atoms with Gasteiger partial charge in [-0.05, 0) is 30.9 Å². The van der Waals surface area contributed by atoms with Crippen molar-refractivity contribution in [3.05, 3.63) is 24.0 Å². The number of carbonyl (C=O) groups excluding carboxylic acids is 1. The molecule has 1 aromatic carbocycles. The molecular weight excluding hydrogens is 235 g/mol. The van der Waals surface area contributed by atoms with Crippen LogP contribution in [0.15, 0.2) is 18.2 Å². The average molecular weight is 250 g/mol. The van der Waals surface area contributed by atoms with Gasteiger partial charge in [0.05, 0.1) is 12.2 Å². The number of amides is 2. The number of urea groups is 1. The van der Waals surface area contributed by atoms with E-state index in [4.69, 9.17) is 4.74 Å². The summed E-state index contributed by atoms with van der Waals surface area (Å²) in [5.41, 5.74) is 0.635. The second kappa shape index (κ2) is 4.48. The first kappa shape index (κ1) is 11.3. The lowest BCUT2D eigenvalue weighted by molar-refractivity contribution is 0.239. The largest absolute Gasteiger partial charge is 0.489 e. The van der Waals surface area contributed by atoms with E-state index in [1.807, 2.05) is 0 Å². The molecule has 1 aliphatic carbocycles. The van der Waals surface area contributed by atoms with Crippen LogP contribution < -0.4 is 15.0 Å². The Bertz CT molecular complexity index is 474. The summed E-state index contributed by atoms with van der Waals surface area (Å²) in [6, 6.07) is 4.11. The van der Waals surface area contributed by atoms with Gasteiger partial charge in [0.2, 0.25) is 0 Å². The van der Waals surface area contributed by atoms with Crippen LogP contribution in [0.4, 0.5) is 14.9 Å².